The number of ether oxygens (including phenoxy) is 1. The molecule has 1 fully saturated rings. The van der Waals surface area contributed by atoms with Crippen LogP contribution in [0.15, 0.2) is 30.3 Å². The largest absolute Gasteiger partial charge is 0.465 e. The van der Waals surface area contributed by atoms with Gasteiger partial charge in [-0.25, -0.2) is 0 Å². The number of benzene rings is 1. The SMILES string of the molecule is CCOC(=O)CN1CCC[C@@](O)([C@@H](O)c2ccccc2)C1=O. The summed E-state index contributed by atoms with van der Waals surface area (Å²) in [6, 6.07) is 8.55. The predicted molar refractivity (Wildman–Crippen MR) is 78.8 cm³/mol. The molecule has 0 spiro atoms. The fourth-order valence-corrected chi connectivity index (χ4v) is 2.70. The van der Waals surface area contributed by atoms with E-state index in [1.54, 1.807) is 37.3 Å². The van der Waals surface area contributed by atoms with Gasteiger partial charge in [0.25, 0.3) is 5.91 Å². The van der Waals surface area contributed by atoms with E-state index in [9.17, 15) is 19.8 Å². The first-order valence-electron chi connectivity index (χ1n) is 7.39. The molecule has 1 saturated heterocycles. The summed E-state index contributed by atoms with van der Waals surface area (Å²) < 4.78 is 4.83. The molecule has 2 rings (SSSR count). The Balaban J connectivity index is 2.15. The molecule has 0 unspecified atom stereocenters. The maximum atomic E-state index is 12.5. The maximum absolute atomic E-state index is 12.5. The van der Waals surface area contributed by atoms with E-state index in [2.05, 4.69) is 0 Å². The minimum atomic E-state index is -1.91. The molecule has 0 aromatic heterocycles. The van der Waals surface area contributed by atoms with Crippen LogP contribution in [0, 0.1) is 0 Å². The van der Waals surface area contributed by atoms with Crippen molar-refractivity contribution in [1.29, 1.82) is 0 Å². The number of carbonyl (C=O) groups excluding carboxylic acids is 2. The van der Waals surface area contributed by atoms with Crippen LogP contribution >= 0.6 is 0 Å². The molecule has 22 heavy (non-hydrogen) atoms. The summed E-state index contributed by atoms with van der Waals surface area (Å²) in [5, 5.41) is 21.1. The Kier molecular flexibility index (Phi) is 5.15. The van der Waals surface area contributed by atoms with E-state index >= 15 is 0 Å². The number of likely N-dealkylation sites (tertiary alicyclic amines) is 1. The van der Waals surface area contributed by atoms with Crippen LogP contribution in [0.3, 0.4) is 0 Å². The highest BCUT2D eigenvalue weighted by Gasteiger charge is 2.48. The number of rotatable bonds is 5. The van der Waals surface area contributed by atoms with Crippen molar-refractivity contribution in [3.05, 3.63) is 35.9 Å². The van der Waals surface area contributed by atoms with E-state index in [0.29, 0.717) is 18.5 Å². The molecule has 0 aliphatic carbocycles. The number of carbonyl (C=O) groups is 2. The summed E-state index contributed by atoms with van der Waals surface area (Å²) in [7, 11) is 0. The highest BCUT2D eigenvalue weighted by molar-refractivity contribution is 5.89. The van der Waals surface area contributed by atoms with E-state index < -0.39 is 23.6 Å². The van der Waals surface area contributed by atoms with Crippen molar-refractivity contribution in [2.75, 3.05) is 19.7 Å². The monoisotopic (exact) mass is 307 g/mol. The molecular formula is C16H21NO5. The Hall–Kier alpha value is -1.92. The van der Waals surface area contributed by atoms with Gasteiger partial charge in [-0.1, -0.05) is 30.3 Å². The van der Waals surface area contributed by atoms with Crippen LogP contribution in [0.5, 0.6) is 0 Å². The summed E-state index contributed by atoms with van der Waals surface area (Å²) in [5.41, 5.74) is -1.44. The number of nitrogens with zero attached hydrogens (tertiary/aromatic N) is 1. The van der Waals surface area contributed by atoms with Gasteiger partial charge >= 0.3 is 5.97 Å². The molecule has 2 N–H and O–H groups in total. The third kappa shape index (κ3) is 3.28. The minimum absolute atomic E-state index is 0.154. The zero-order chi connectivity index (χ0) is 16.2. The van der Waals surface area contributed by atoms with Crippen molar-refractivity contribution in [2.45, 2.75) is 31.5 Å². The summed E-state index contributed by atoms with van der Waals surface area (Å²) >= 11 is 0. The summed E-state index contributed by atoms with van der Waals surface area (Å²) in [6.07, 6.45) is -0.668. The average Bonchev–Trinajstić information content (AvgIpc) is 2.52. The number of hydrogen-bond donors (Lipinski definition) is 2. The van der Waals surface area contributed by atoms with Gasteiger partial charge in [0.1, 0.15) is 12.6 Å². The van der Waals surface area contributed by atoms with Gasteiger partial charge < -0.3 is 19.8 Å². The number of hydrogen-bond acceptors (Lipinski definition) is 5. The van der Waals surface area contributed by atoms with Crippen molar-refractivity contribution in [2.24, 2.45) is 0 Å². The Morgan fingerprint density at radius 2 is 2.09 bits per heavy atom. The smallest absolute Gasteiger partial charge is 0.325 e. The van der Waals surface area contributed by atoms with Crippen molar-refractivity contribution >= 4 is 11.9 Å². The van der Waals surface area contributed by atoms with Crippen LogP contribution in [0.25, 0.3) is 0 Å². The molecule has 0 radical (unpaired) electrons. The fraction of sp³-hybridized carbons (Fsp3) is 0.500. The first kappa shape index (κ1) is 16.5. The van der Waals surface area contributed by atoms with Crippen molar-refractivity contribution < 1.29 is 24.5 Å². The molecule has 2 atom stereocenters. The normalized spacial score (nSPS) is 23.2. The second kappa shape index (κ2) is 6.89. The van der Waals surface area contributed by atoms with Gasteiger partial charge in [-0.2, -0.15) is 0 Å². The molecule has 6 heteroatoms. The quantitative estimate of drug-likeness (QED) is 0.779. The van der Waals surface area contributed by atoms with Gasteiger partial charge in [0.05, 0.1) is 6.61 Å². The lowest BCUT2D eigenvalue weighted by Gasteiger charge is -2.40. The van der Waals surface area contributed by atoms with Gasteiger partial charge in [-0.3, -0.25) is 9.59 Å². The van der Waals surface area contributed by atoms with E-state index in [4.69, 9.17) is 4.74 Å². The van der Waals surface area contributed by atoms with Crippen LogP contribution < -0.4 is 0 Å². The lowest BCUT2D eigenvalue weighted by molar-refractivity contribution is -0.175. The fourth-order valence-electron chi connectivity index (χ4n) is 2.70. The Morgan fingerprint density at radius 3 is 2.73 bits per heavy atom. The molecule has 1 amide bonds. The van der Waals surface area contributed by atoms with Gasteiger partial charge in [0.2, 0.25) is 0 Å². The Morgan fingerprint density at radius 1 is 1.41 bits per heavy atom. The molecule has 1 aromatic rings. The van der Waals surface area contributed by atoms with Crippen LogP contribution in [-0.4, -0.2) is 52.3 Å². The highest BCUT2D eigenvalue weighted by Crippen LogP contribution is 2.34. The molecule has 0 bridgehead atoms. The Labute approximate surface area is 129 Å². The van der Waals surface area contributed by atoms with Gasteiger partial charge in [0.15, 0.2) is 5.60 Å². The van der Waals surface area contributed by atoms with Gasteiger partial charge in [-0.15, -0.1) is 0 Å². The molecule has 1 aliphatic rings. The van der Waals surface area contributed by atoms with Crippen molar-refractivity contribution in [1.82, 2.24) is 4.90 Å². The van der Waals surface area contributed by atoms with E-state index in [-0.39, 0.29) is 19.6 Å². The van der Waals surface area contributed by atoms with E-state index in [0.717, 1.165) is 0 Å². The zero-order valence-electron chi connectivity index (χ0n) is 12.6. The number of piperidine rings is 1. The van der Waals surface area contributed by atoms with Crippen LogP contribution in [0.2, 0.25) is 0 Å². The molecule has 1 aromatic carbocycles. The third-order valence-corrected chi connectivity index (χ3v) is 3.84. The van der Waals surface area contributed by atoms with E-state index in [1.165, 1.54) is 4.90 Å². The van der Waals surface area contributed by atoms with Gasteiger partial charge in [0, 0.05) is 6.54 Å². The van der Waals surface area contributed by atoms with Gasteiger partial charge in [-0.05, 0) is 25.3 Å². The third-order valence-electron chi connectivity index (χ3n) is 3.84. The molecule has 6 nitrogen and oxygen atoms in total. The number of aliphatic hydroxyl groups is 2. The summed E-state index contributed by atoms with van der Waals surface area (Å²) in [6.45, 7) is 2.07. The van der Waals surface area contributed by atoms with Crippen LogP contribution in [-0.2, 0) is 14.3 Å². The summed E-state index contributed by atoms with van der Waals surface area (Å²) in [4.78, 5) is 25.3. The number of amides is 1. The maximum Gasteiger partial charge on any atom is 0.325 e. The summed E-state index contributed by atoms with van der Waals surface area (Å²) in [5.74, 6) is -1.16. The lowest BCUT2D eigenvalue weighted by atomic mass is 9.83. The van der Waals surface area contributed by atoms with Crippen LogP contribution in [0.1, 0.15) is 31.4 Å². The highest BCUT2D eigenvalue weighted by atomic mass is 16.5. The topological polar surface area (TPSA) is 87.1 Å². The number of esters is 1. The van der Waals surface area contributed by atoms with Crippen molar-refractivity contribution in [3.8, 4) is 0 Å². The molecule has 1 heterocycles. The standard InChI is InChI=1S/C16H21NO5/c1-2-22-13(18)11-17-10-6-9-16(21,15(17)20)14(19)12-7-4-3-5-8-12/h3-5,7-8,14,19,21H,2,6,9-11H2,1H3/t14-,16+/m0/s1. The van der Waals surface area contributed by atoms with E-state index in [1.807, 2.05) is 0 Å². The van der Waals surface area contributed by atoms with Crippen LogP contribution in [0.4, 0.5) is 0 Å². The average molecular weight is 307 g/mol. The predicted octanol–water partition coefficient (Wildman–Crippen LogP) is 0.637. The molecule has 0 saturated carbocycles. The minimum Gasteiger partial charge on any atom is -0.465 e. The second-order valence-corrected chi connectivity index (χ2v) is 5.37. The lowest BCUT2D eigenvalue weighted by Crippen LogP contribution is -2.57. The first-order valence-corrected chi connectivity index (χ1v) is 7.39. The number of aliphatic hydroxyl groups excluding tert-OH is 1. The van der Waals surface area contributed by atoms with Crippen molar-refractivity contribution in [3.63, 3.8) is 0 Å². The zero-order valence-corrected chi connectivity index (χ0v) is 12.6. The molecular weight excluding hydrogens is 286 g/mol. The molecule has 1 aliphatic heterocycles. The Bertz CT molecular complexity index is 533. The second-order valence-electron chi connectivity index (χ2n) is 5.37. The molecule has 120 valence electrons. The first-order chi connectivity index (χ1) is 10.5.